The summed E-state index contributed by atoms with van der Waals surface area (Å²) in [6.45, 7) is 2.36. The number of hydrogen-bond acceptors (Lipinski definition) is 4. The summed E-state index contributed by atoms with van der Waals surface area (Å²) in [6.07, 6.45) is -0.433. The third-order valence-electron chi connectivity index (χ3n) is 4.71. The smallest absolute Gasteiger partial charge is 0.262 e. The summed E-state index contributed by atoms with van der Waals surface area (Å²) < 4.78 is 45.1. The maximum absolute atomic E-state index is 13.7. The van der Waals surface area contributed by atoms with Gasteiger partial charge in [-0.3, -0.25) is 15.0 Å². The molecule has 8 heteroatoms. The number of hydrogen-bond donors (Lipinski definition) is 1. The Hall–Kier alpha value is -1.80. The molecular formula is C17H22F3N3O2. The highest BCUT2D eigenvalue weighted by atomic mass is 19.3. The third kappa shape index (κ3) is 4.24. The number of carbonyl (C=O) groups is 1. The van der Waals surface area contributed by atoms with Crippen LogP contribution < -0.4 is 10.1 Å². The van der Waals surface area contributed by atoms with Crippen LogP contribution in [0.15, 0.2) is 18.2 Å². The number of alkyl halides is 2. The van der Waals surface area contributed by atoms with Gasteiger partial charge in [0.25, 0.3) is 5.92 Å². The highest BCUT2D eigenvalue weighted by Gasteiger charge is 2.43. The van der Waals surface area contributed by atoms with Crippen molar-refractivity contribution in [2.24, 2.45) is 0 Å². The second-order valence-electron chi connectivity index (χ2n) is 6.56. The lowest BCUT2D eigenvalue weighted by Crippen LogP contribution is -2.52. The van der Waals surface area contributed by atoms with Gasteiger partial charge in [-0.1, -0.05) is 6.07 Å². The van der Waals surface area contributed by atoms with E-state index in [0.717, 1.165) is 5.56 Å². The van der Waals surface area contributed by atoms with Crippen LogP contribution in [0.1, 0.15) is 12.0 Å². The van der Waals surface area contributed by atoms with Crippen molar-refractivity contribution < 1.29 is 22.7 Å². The summed E-state index contributed by atoms with van der Waals surface area (Å²) in [5.41, 5.74) is 0.829. The SMILES string of the molecule is COc1ccc(CN2CCN(C(=O)C3CC(F)(F)CN3)CC2)cc1F. The second-order valence-corrected chi connectivity index (χ2v) is 6.56. The zero-order valence-electron chi connectivity index (χ0n) is 14.1. The lowest BCUT2D eigenvalue weighted by Gasteiger charge is -2.36. The van der Waals surface area contributed by atoms with Crippen molar-refractivity contribution >= 4 is 5.91 Å². The van der Waals surface area contributed by atoms with E-state index in [2.05, 4.69) is 10.2 Å². The first-order valence-electron chi connectivity index (χ1n) is 8.33. The molecule has 2 aliphatic heterocycles. The van der Waals surface area contributed by atoms with Gasteiger partial charge in [-0.05, 0) is 17.7 Å². The summed E-state index contributed by atoms with van der Waals surface area (Å²) in [6, 6.07) is 4.05. The fourth-order valence-electron chi connectivity index (χ4n) is 3.30. The molecular weight excluding hydrogens is 335 g/mol. The standard InChI is InChI=1S/C17H22F3N3O2/c1-25-15-3-2-12(8-13(15)18)10-22-4-6-23(7-5-22)16(24)14-9-17(19,20)11-21-14/h2-3,8,14,21H,4-7,9-11H2,1H3. The molecule has 2 heterocycles. The highest BCUT2D eigenvalue weighted by molar-refractivity contribution is 5.82. The van der Waals surface area contributed by atoms with Crippen LogP contribution in [0.3, 0.4) is 0 Å². The molecule has 2 fully saturated rings. The van der Waals surface area contributed by atoms with Crippen molar-refractivity contribution in [3.8, 4) is 5.75 Å². The molecule has 2 saturated heterocycles. The molecule has 0 aromatic heterocycles. The van der Waals surface area contributed by atoms with Crippen LogP contribution in [0.4, 0.5) is 13.2 Å². The van der Waals surface area contributed by atoms with Gasteiger partial charge in [0.05, 0.1) is 19.7 Å². The first-order valence-corrected chi connectivity index (χ1v) is 8.33. The lowest BCUT2D eigenvalue weighted by atomic mass is 10.1. The molecule has 0 aliphatic carbocycles. The van der Waals surface area contributed by atoms with Gasteiger partial charge in [-0.15, -0.1) is 0 Å². The lowest BCUT2D eigenvalue weighted by molar-refractivity contribution is -0.135. The number of nitrogens with zero attached hydrogens (tertiary/aromatic N) is 2. The van der Waals surface area contributed by atoms with Gasteiger partial charge in [-0.2, -0.15) is 0 Å². The van der Waals surface area contributed by atoms with Gasteiger partial charge in [0.2, 0.25) is 5.91 Å². The van der Waals surface area contributed by atoms with E-state index < -0.39 is 30.7 Å². The second kappa shape index (κ2) is 7.21. The number of halogens is 3. The zero-order chi connectivity index (χ0) is 18.0. The molecule has 1 N–H and O–H groups in total. The molecule has 5 nitrogen and oxygen atoms in total. The van der Waals surface area contributed by atoms with Crippen molar-refractivity contribution in [2.75, 3.05) is 39.8 Å². The van der Waals surface area contributed by atoms with Gasteiger partial charge in [-0.25, -0.2) is 13.2 Å². The normalized spacial score (nSPS) is 23.7. The fourth-order valence-corrected chi connectivity index (χ4v) is 3.30. The molecule has 0 bridgehead atoms. The monoisotopic (exact) mass is 357 g/mol. The van der Waals surface area contributed by atoms with Crippen LogP contribution in [0.2, 0.25) is 0 Å². The van der Waals surface area contributed by atoms with Crippen molar-refractivity contribution in [3.63, 3.8) is 0 Å². The van der Waals surface area contributed by atoms with Crippen molar-refractivity contribution in [3.05, 3.63) is 29.6 Å². The number of rotatable bonds is 4. The molecule has 2 aliphatic rings. The molecule has 0 spiro atoms. The maximum atomic E-state index is 13.7. The molecule has 0 radical (unpaired) electrons. The number of nitrogens with one attached hydrogen (secondary N) is 1. The van der Waals surface area contributed by atoms with Crippen LogP contribution in [-0.2, 0) is 11.3 Å². The fraction of sp³-hybridized carbons (Fsp3) is 0.588. The van der Waals surface area contributed by atoms with E-state index in [1.807, 2.05) is 6.07 Å². The molecule has 1 amide bonds. The Morgan fingerprint density at radius 1 is 1.32 bits per heavy atom. The van der Waals surface area contributed by atoms with Gasteiger partial charge in [0.15, 0.2) is 11.6 Å². The topological polar surface area (TPSA) is 44.8 Å². The van der Waals surface area contributed by atoms with Gasteiger partial charge < -0.3 is 9.64 Å². The Morgan fingerprint density at radius 3 is 2.60 bits per heavy atom. The Balaban J connectivity index is 1.50. The maximum Gasteiger partial charge on any atom is 0.262 e. The van der Waals surface area contributed by atoms with Gasteiger partial charge in [0, 0.05) is 39.1 Å². The third-order valence-corrected chi connectivity index (χ3v) is 4.71. The summed E-state index contributed by atoms with van der Waals surface area (Å²) in [4.78, 5) is 16.1. The molecule has 1 unspecified atom stereocenters. The average Bonchev–Trinajstić information content (AvgIpc) is 2.95. The number of ether oxygens (including phenoxy) is 1. The summed E-state index contributed by atoms with van der Waals surface area (Å²) >= 11 is 0. The minimum absolute atomic E-state index is 0.208. The molecule has 1 aromatic carbocycles. The Morgan fingerprint density at radius 2 is 2.04 bits per heavy atom. The Kier molecular flexibility index (Phi) is 5.19. The molecule has 1 aromatic rings. The quantitative estimate of drug-likeness (QED) is 0.887. The number of carbonyl (C=O) groups excluding carboxylic acids is 1. The number of benzene rings is 1. The van der Waals surface area contributed by atoms with Crippen molar-refractivity contribution in [1.82, 2.24) is 15.1 Å². The van der Waals surface area contributed by atoms with E-state index in [9.17, 15) is 18.0 Å². The minimum atomic E-state index is -2.80. The van der Waals surface area contributed by atoms with Crippen LogP contribution in [0.25, 0.3) is 0 Å². The summed E-state index contributed by atoms with van der Waals surface area (Å²) in [5.74, 6) is -3.25. The first kappa shape index (κ1) is 18.0. The molecule has 3 rings (SSSR count). The average molecular weight is 357 g/mol. The van der Waals surface area contributed by atoms with Crippen molar-refractivity contribution in [2.45, 2.75) is 24.9 Å². The largest absolute Gasteiger partial charge is 0.494 e. The predicted molar refractivity (Wildman–Crippen MR) is 86.2 cm³/mol. The summed E-state index contributed by atoms with van der Waals surface area (Å²) in [5, 5.41) is 2.60. The first-order chi connectivity index (χ1) is 11.9. The van der Waals surface area contributed by atoms with E-state index in [4.69, 9.17) is 4.74 Å². The van der Waals surface area contributed by atoms with Crippen LogP contribution in [0.5, 0.6) is 5.75 Å². The number of methoxy groups -OCH3 is 1. The van der Waals surface area contributed by atoms with Gasteiger partial charge in [0.1, 0.15) is 0 Å². The molecule has 0 saturated carbocycles. The summed E-state index contributed by atoms with van der Waals surface area (Å²) in [7, 11) is 1.42. The molecule has 25 heavy (non-hydrogen) atoms. The van der Waals surface area contributed by atoms with E-state index >= 15 is 0 Å². The molecule has 1 atom stereocenters. The minimum Gasteiger partial charge on any atom is -0.494 e. The predicted octanol–water partition coefficient (Wildman–Crippen LogP) is 1.48. The Labute approximate surface area is 144 Å². The van der Waals surface area contributed by atoms with Crippen molar-refractivity contribution in [1.29, 1.82) is 0 Å². The van der Waals surface area contributed by atoms with Crippen LogP contribution in [-0.4, -0.2) is 67.5 Å². The van der Waals surface area contributed by atoms with Gasteiger partial charge >= 0.3 is 0 Å². The van der Waals surface area contributed by atoms with Crippen LogP contribution >= 0.6 is 0 Å². The van der Waals surface area contributed by atoms with E-state index in [1.54, 1.807) is 11.0 Å². The number of piperazine rings is 1. The van der Waals surface area contributed by atoms with E-state index in [0.29, 0.717) is 32.7 Å². The van der Waals surface area contributed by atoms with E-state index in [-0.39, 0.29) is 11.7 Å². The number of amides is 1. The van der Waals surface area contributed by atoms with E-state index in [1.165, 1.54) is 13.2 Å². The Bertz CT molecular complexity index is 634. The highest BCUT2D eigenvalue weighted by Crippen LogP contribution is 2.26. The molecule has 138 valence electrons. The van der Waals surface area contributed by atoms with Crippen LogP contribution in [0, 0.1) is 5.82 Å². The zero-order valence-corrected chi connectivity index (χ0v) is 14.1.